The van der Waals surface area contributed by atoms with Crippen molar-refractivity contribution in [3.63, 3.8) is 0 Å². The standard InChI is InChI=1S/C14H18Cl2N2O.C14H20N2O3.H2O/c15-11-8-4-7-10-12(14(16)19)17-18(13(10)11)9-5-2-1-3-6-9;17-11-8-4-7-10-12(14(18)19)15-16(13(10)11)9-5-2-1-3-6-9;/h9,11H,1-8H2;9,11,17H,1-8H2,(H,18,19);1H2. The van der Waals surface area contributed by atoms with E-state index in [1.54, 1.807) is 0 Å². The zero-order valence-corrected chi connectivity index (χ0v) is 23.9. The first kappa shape index (κ1) is 30.0. The van der Waals surface area contributed by atoms with Gasteiger partial charge in [0.15, 0.2) is 5.69 Å². The number of carbonyl (C=O) groups is 2. The number of fused-ring (bicyclic) bond motifs is 2. The molecule has 2 unspecified atom stereocenters. The third-order valence-corrected chi connectivity index (χ3v) is 9.33. The fourth-order valence-electron chi connectivity index (χ4n) is 6.88. The van der Waals surface area contributed by atoms with Crippen LogP contribution in [0.4, 0.5) is 0 Å². The molecule has 2 aromatic rings. The molecule has 2 atom stereocenters. The summed E-state index contributed by atoms with van der Waals surface area (Å²) in [6.07, 6.45) is 16.3. The van der Waals surface area contributed by atoms with E-state index in [-0.39, 0.29) is 22.6 Å². The number of aliphatic hydroxyl groups excluding tert-OH is 1. The van der Waals surface area contributed by atoms with E-state index < -0.39 is 17.3 Å². The smallest absolute Gasteiger partial charge is 0.356 e. The van der Waals surface area contributed by atoms with Crippen LogP contribution in [0.5, 0.6) is 0 Å². The molecule has 0 spiro atoms. The number of hydrogen-bond acceptors (Lipinski definition) is 5. The Hall–Kier alpha value is -1.94. The Morgan fingerprint density at radius 1 is 0.718 bits per heavy atom. The topological polar surface area (TPSA) is 142 Å². The Morgan fingerprint density at radius 2 is 1.21 bits per heavy atom. The SMILES string of the molecule is O.O=C(Cl)c1nn(C2CCCCC2)c2c1CCCC2Cl.O=C(O)c1nn(C2CCCCC2)c2c1CCCC2O. The summed E-state index contributed by atoms with van der Waals surface area (Å²) in [4.78, 5) is 22.9. The average molecular weight is 584 g/mol. The van der Waals surface area contributed by atoms with Gasteiger partial charge in [-0.2, -0.15) is 10.2 Å². The lowest BCUT2D eigenvalue weighted by atomic mass is 9.91. The number of hydrogen-bond donors (Lipinski definition) is 2. The van der Waals surface area contributed by atoms with Crippen LogP contribution in [-0.4, -0.2) is 46.5 Å². The summed E-state index contributed by atoms with van der Waals surface area (Å²) < 4.78 is 3.86. The molecule has 4 N–H and O–H groups in total. The molecule has 39 heavy (non-hydrogen) atoms. The van der Waals surface area contributed by atoms with Gasteiger partial charge in [0.2, 0.25) is 0 Å². The third kappa shape index (κ3) is 6.21. The number of halogens is 2. The van der Waals surface area contributed by atoms with E-state index in [0.717, 1.165) is 93.1 Å². The lowest BCUT2D eigenvalue weighted by Crippen LogP contribution is -2.20. The van der Waals surface area contributed by atoms with Gasteiger partial charge >= 0.3 is 5.97 Å². The van der Waals surface area contributed by atoms with Gasteiger partial charge in [-0.05, 0) is 75.8 Å². The van der Waals surface area contributed by atoms with Gasteiger partial charge in [-0.3, -0.25) is 14.2 Å². The highest BCUT2D eigenvalue weighted by molar-refractivity contribution is 6.67. The van der Waals surface area contributed by atoms with Crippen LogP contribution in [0.1, 0.15) is 157 Å². The van der Waals surface area contributed by atoms with Crippen molar-refractivity contribution in [3.8, 4) is 0 Å². The van der Waals surface area contributed by atoms with Gasteiger partial charge in [0.25, 0.3) is 5.24 Å². The van der Waals surface area contributed by atoms with Gasteiger partial charge in [-0.1, -0.05) is 38.5 Å². The first-order valence-corrected chi connectivity index (χ1v) is 15.2. The van der Waals surface area contributed by atoms with E-state index in [1.807, 2.05) is 9.36 Å². The van der Waals surface area contributed by atoms with Gasteiger partial charge in [0, 0.05) is 11.1 Å². The number of carboxylic acid groups (broad SMARTS) is 1. The summed E-state index contributed by atoms with van der Waals surface area (Å²) in [5, 5.41) is 27.9. The van der Waals surface area contributed by atoms with Crippen LogP contribution in [0.15, 0.2) is 0 Å². The minimum Gasteiger partial charge on any atom is -0.476 e. The maximum atomic E-state index is 11.6. The zero-order chi connectivity index (χ0) is 26.8. The molecule has 4 aliphatic rings. The molecule has 0 aromatic carbocycles. The van der Waals surface area contributed by atoms with Gasteiger partial charge in [-0.15, -0.1) is 11.6 Å². The van der Waals surface area contributed by atoms with Crippen LogP contribution < -0.4 is 0 Å². The third-order valence-electron chi connectivity index (χ3n) is 8.73. The van der Waals surface area contributed by atoms with Crippen molar-refractivity contribution in [2.75, 3.05) is 0 Å². The summed E-state index contributed by atoms with van der Waals surface area (Å²) in [5.74, 6) is -0.972. The quantitative estimate of drug-likeness (QED) is 0.333. The molecule has 2 fully saturated rings. The highest BCUT2D eigenvalue weighted by Gasteiger charge is 2.33. The van der Waals surface area contributed by atoms with Gasteiger partial charge in [0.05, 0.1) is 35.0 Å². The fraction of sp³-hybridized carbons (Fsp3) is 0.714. The monoisotopic (exact) mass is 582 g/mol. The van der Waals surface area contributed by atoms with Crippen LogP contribution in [0, 0.1) is 0 Å². The molecular formula is C28H40Cl2N4O5. The molecule has 6 rings (SSSR count). The molecule has 2 aromatic heterocycles. The number of carboxylic acids is 1. The van der Waals surface area contributed by atoms with Crippen LogP contribution in [-0.2, 0) is 12.8 Å². The van der Waals surface area contributed by atoms with Crippen LogP contribution in [0.25, 0.3) is 0 Å². The molecule has 11 heteroatoms. The molecule has 0 radical (unpaired) electrons. The van der Waals surface area contributed by atoms with Crippen molar-refractivity contribution >= 4 is 34.4 Å². The van der Waals surface area contributed by atoms with Crippen molar-refractivity contribution in [2.45, 2.75) is 126 Å². The number of nitrogens with zero attached hydrogens (tertiary/aromatic N) is 4. The largest absolute Gasteiger partial charge is 0.476 e. The number of aliphatic hydroxyl groups is 1. The molecule has 9 nitrogen and oxygen atoms in total. The average Bonchev–Trinajstić information content (AvgIpc) is 3.52. The van der Waals surface area contributed by atoms with Crippen LogP contribution >= 0.6 is 23.2 Å². The molecule has 0 aliphatic heterocycles. The lowest BCUT2D eigenvalue weighted by molar-refractivity contribution is 0.0687. The van der Waals surface area contributed by atoms with E-state index in [2.05, 4.69) is 10.2 Å². The Balaban J connectivity index is 0.000000176. The summed E-state index contributed by atoms with van der Waals surface area (Å²) in [6.45, 7) is 0. The Kier molecular flexibility index (Phi) is 10.1. The fourth-order valence-corrected chi connectivity index (χ4v) is 7.42. The second-order valence-electron chi connectivity index (χ2n) is 11.2. The van der Waals surface area contributed by atoms with E-state index in [1.165, 1.54) is 25.7 Å². The summed E-state index contributed by atoms with van der Waals surface area (Å²) in [7, 11) is 0. The van der Waals surface area contributed by atoms with Gasteiger partial charge in [0.1, 0.15) is 5.69 Å². The molecule has 0 saturated heterocycles. The zero-order valence-electron chi connectivity index (χ0n) is 22.4. The predicted molar refractivity (Wildman–Crippen MR) is 149 cm³/mol. The summed E-state index contributed by atoms with van der Waals surface area (Å²) >= 11 is 12.2. The minimum absolute atomic E-state index is 0. The molecule has 0 amide bonds. The second kappa shape index (κ2) is 13.1. The van der Waals surface area contributed by atoms with Gasteiger partial charge in [-0.25, -0.2) is 4.79 Å². The molecule has 2 saturated carbocycles. The minimum atomic E-state index is -0.972. The Bertz CT molecular complexity index is 1080. The van der Waals surface area contributed by atoms with Crippen LogP contribution in [0.2, 0.25) is 0 Å². The van der Waals surface area contributed by atoms with Crippen molar-refractivity contribution in [1.29, 1.82) is 0 Å². The van der Waals surface area contributed by atoms with E-state index in [0.29, 0.717) is 18.2 Å². The normalized spacial score (nSPS) is 23.6. The summed E-state index contributed by atoms with van der Waals surface area (Å²) in [6, 6.07) is 0.662. The molecular weight excluding hydrogens is 543 g/mol. The number of carbonyl (C=O) groups excluding carboxylic acids is 1. The molecule has 2 heterocycles. The highest BCUT2D eigenvalue weighted by Crippen LogP contribution is 2.41. The maximum Gasteiger partial charge on any atom is 0.356 e. The van der Waals surface area contributed by atoms with Crippen molar-refractivity contribution in [2.24, 2.45) is 0 Å². The van der Waals surface area contributed by atoms with Crippen LogP contribution in [0.3, 0.4) is 0 Å². The van der Waals surface area contributed by atoms with E-state index in [9.17, 15) is 19.8 Å². The lowest BCUT2D eigenvalue weighted by Gasteiger charge is -2.27. The number of alkyl halides is 1. The molecule has 216 valence electrons. The second-order valence-corrected chi connectivity index (χ2v) is 12.1. The molecule has 4 aliphatic carbocycles. The van der Waals surface area contributed by atoms with Gasteiger partial charge < -0.3 is 15.7 Å². The van der Waals surface area contributed by atoms with E-state index >= 15 is 0 Å². The predicted octanol–water partition coefficient (Wildman–Crippen LogP) is 6.02. The number of aromatic nitrogens is 4. The maximum absolute atomic E-state index is 11.6. The first-order valence-electron chi connectivity index (χ1n) is 14.3. The first-order chi connectivity index (χ1) is 18.4. The van der Waals surface area contributed by atoms with Crippen molar-refractivity contribution < 1.29 is 25.3 Å². The van der Waals surface area contributed by atoms with E-state index in [4.69, 9.17) is 23.2 Å². The summed E-state index contributed by atoms with van der Waals surface area (Å²) in [5.41, 5.74) is 4.18. The number of aromatic carboxylic acids is 1. The highest BCUT2D eigenvalue weighted by atomic mass is 35.5. The Labute approximate surface area is 239 Å². The Morgan fingerprint density at radius 3 is 1.74 bits per heavy atom. The van der Waals surface area contributed by atoms with Crippen molar-refractivity contribution in [1.82, 2.24) is 19.6 Å². The molecule has 0 bridgehead atoms. The number of rotatable bonds is 4. The van der Waals surface area contributed by atoms with Crippen molar-refractivity contribution in [3.05, 3.63) is 33.9 Å².